The van der Waals surface area contributed by atoms with Gasteiger partial charge in [-0.3, -0.25) is 14.9 Å². The van der Waals surface area contributed by atoms with E-state index >= 15 is 0 Å². The highest BCUT2D eigenvalue weighted by molar-refractivity contribution is 7.20. The minimum atomic E-state index is -0.456. The zero-order chi connectivity index (χ0) is 17.1. The van der Waals surface area contributed by atoms with Gasteiger partial charge in [0.2, 0.25) is 0 Å². The van der Waals surface area contributed by atoms with Crippen LogP contribution in [0.2, 0.25) is 0 Å². The number of carbonyl (C=O) groups excluding carboxylic acids is 1. The van der Waals surface area contributed by atoms with Crippen molar-refractivity contribution in [3.05, 3.63) is 74.6 Å². The van der Waals surface area contributed by atoms with Crippen LogP contribution in [0.1, 0.15) is 20.8 Å². The number of carbonyl (C=O) groups is 1. The van der Waals surface area contributed by atoms with Crippen molar-refractivity contribution in [3.63, 3.8) is 0 Å². The minimum absolute atomic E-state index is 0.00431. The monoisotopic (exact) mass is 339 g/mol. The zero-order valence-electron chi connectivity index (χ0n) is 12.7. The first kappa shape index (κ1) is 15.8. The van der Waals surface area contributed by atoms with Crippen molar-refractivity contribution in [2.45, 2.75) is 6.92 Å². The Morgan fingerprint density at radius 3 is 2.67 bits per heavy atom. The average Bonchev–Trinajstić information content (AvgIpc) is 2.99. The molecule has 0 aliphatic carbocycles. The molecule has 0 bridgehead atoms. The summed E-state index contributed by atoms with van der Waals surface area (Å²) in [7, 11) is 0. The molecular formula is C17H13N3O3S. The van der Waals surface area contributed by atoms with Crippen molar-refractivity contribution in [1.29, 1.82) is 0 Å². The standard InChI is InChI=1S/C17H13N3O3S/c1-11-2-4-12(5-3-11)10-18-19-17(21)16-9-13-8-14(20(22)23)6-7-15(13)24-16/h2-10H,1H3,(H,19,21)/b18-10-. The summed E-state index contributed by atoms with van der Waals surface area (Å²) >= 11 is 1.27. The van der Waals surface area contributed by atoms with E-state index in [4.69, 9.17) is 0 Å². The molecule has 0 atom stereocenters. The van der Waals surface area contributed by atoms with Gasteiger partial charge in [0.25, 0.3) is 11.6 Å². The van der Waals surface area contributed by atoms with Gasteiger partial charge in [0.15, 0.2) is 0 Å². The molecule has 0 aliphatic rings. The van der Waals surface area contributed by atoms with Gasteiger partial charge < -0.3 is 0 Å². The van der Waals surface area contributed by atoms with Crippen molar-refractivity contribution in [2.24, 2.45) is 5.10 Å². The maximum absolute atomic E-state index is 12.1. The van der Waals surface area contributed by atoms with Crippen LogP contribution in [0, 0.1) is 17.0 Å². The number of hydrazone groups is 1. The Morgan fingerprint density at radius 2 is 1.96 bits per heavy atom. The van der Waals surface area contributed by atoms with Crippen molar-refractivity contribution < 1.29 is 9.72 Å². The predicted octanol–water partition coefficient (Wildman–Crippen LogP) is 3.88. The van der Waals surface area contributed by atoms with Gasteiger partial charge >= 0.3 is 0 Å². The summed E-state index contributed by atoms with van der Waals surface area (Å²) in [4.78, 5) is 22.9. The molecule has 24 heavy (non-hydrogen) atoms. The van der Waals surface area contributed by atoms with Crippen LogP contribution in [-0.2, 0) is 0 Å². The van der Waals surface area contributed by atoms with Crippen LogP contribution >= 0.6 is 11.3 Å². The van der Waals surface area contributed by atoms with Gasteiger partial charge in [-0.1, -0.05) is 29.8 Å². The predicted molar refractivity (Wildman–Crippen MR) is 94.7 cm³/mol. The molecule has 1 amide bonds. The van der Waals surface area contributed by atoms with Crippen molar-refractivity contribution in [1.82, 2.24) is 5.43 Å². The molecule has 0 fully saturated rings. The molecule has 0 spiro atoms. The molecule has 3 aromatic rings. The second-order valence-corrected chi connectivity index (χ2v) is 6.28. The van der Waals surface area contributed by atoms with E-state index in [-0.39, 0.29) is 11.6 Å². The first-order chi connectivity index (χ1) is 11.5. The van der Waals surface area contributed by atoms with E-state index in [2.05, 4.69) is 10.5 Å². The second-order valence-electron chi connectivity index (χ2n) is 5.20. The molecule has 1 aromatic heterocycles. The summed E-state index contributed by atoms with van der Waals surface area (Å²) in [5.41, 5.74) is 4.50. The Kier molecular flexibility index (Phi) is 4.35. The molecule has 0 saturated heterocycles. The van der Waals surface area contributed by atoms with Crippen LogP contribution < -0.4 is 5.43 Å². The van der Waals surface area contributed by atoms with Crippen LogP contribution in [0.25, 0.3) is 10.1 Å². The lowest BCUT2D eigenvalue weighted by Crippen LogP contribution is -2.16. The first-order valence-corrected chi connectivity index (χ1v) is 7.92. The molecule has 0 saturated carbocycles. The number of amides is 1. The topological polar surface area (TPSA) is 84.6 Å². The van der Waals surface area contributed by atoms with Crippen LogP contribution in [0.4, 0.5) is 5.69 Å². The number of thiophene rings is 1. The van der Waals surface area contributed by atoms with Crippen molar-refractivity contribution in [2.75, 3.05) is 0 Å². The fourth-order valence-corrected chi connectivity index (χ4v) is 3.06. The maximum atomic E-state index is 12.1. The van der Waals surface area contributed by atoms with E-state index in [0.717, 1.165) is 15.8 Å². The third-order valence-corrected chi connectivity index (χ3v) is 4.51. The number of nitrogens with zero attached hydrogens (tertiary/aromatic N) is 2. The molecule has 1 N–H and O–H groups in total. The van der Waals surface area contributed by atoms with E-state index in [1.165, 1.54) is 23.5 Å². The fraction of sp³-hybridized carbons (Fsp3) is 0.0588. The van der Waals surface area contributed by atoms with E-state index in [1.54, 1.807) is 18.3 Å². The number of fused-ring (bicyclic) bond motifs is 1. The molecular weight excluding hydrogens is 326 g/mol. The van der Waals surface area contributed by atoms with Gasteiger partial charge in [-0.05, 0) is 24.6 Å². The molecule has 0 unspecified atom stereocenters. The molecule has 6 nitrogen and oxygen atoms in total. The number of hydrogen-bond donors (Lipinski definition) is 1. The summed E-state index contributed by atoms with van der Waals surface area (Å²) in [5, 5.41) is 15.4. The van der Waals surface area contributed by atoms with Crippen molar-refractivity contribution in [3.8, 4) is 0 Å². The van der Waals surface area contributed by atoms with E-state index < -0.39 is 4.92 Å². The summed E-state index contributed by atoms with van der Waals surface area (Å²) in [6, 6.07) is 13.9. The second kappa shape index (κ2) is 6.59. The number of benzene rings is 2. The largest absolute Gasteiger partial charge is 0.281 e. The zero-order valence-corrected chi connectivity index (χ0v) is 13.5. The Morgan fingerprint density at radius 1 is 1.21 bits per heavy atom. The third kappa shape index (κ3) is 3.47. The SMILES string of the molecule is Cc1ccc(/C=N\NC(=O)c2cc3cc([N+](=O)[O-])ccc3s2)cc1. The molecule has 3 rings (SSSR count). The van der Waals surface area contributed by atoms with Crippen molar-refractivity contribution >= 4 is 39.2 Å². The van der Waals surface area contributed by atoms with Crippen LogP contribution in [0.15, 0.2) is 53.6 Å². The lowest BCUT2D eigenvalue weighted by Gasteiger charge is -1.96. The Labute approximate surface area is 141 Å². The lowest BCUT2D eigenvalue weighted by atomic mass is 10.2. The molecule has 7 heteroatoms. The number of nitro benzene ring substituents is 1. The Balaban J connectivity index is 1.73. The third-order valence-electron chi connectivity index (χ3n) is 3.39. The Hall–Kier alpha value is -3.06. The molecule has 0 aliphatic heterocycles. The normalized spacial score (nSPS) is 11.0. The summed E-state index contributed by atoms with van der Waals surface area (Å²) < 4.78 is 0.813. The maximum Gasteiger partial charge on any atom is 0.281 e. The summed E-state index contributed by atoms with van der Waals surface area (Å²) in [5.74, 6) is -0.345. The lowest BCUT2D eigenvalue weighted by molar-refractivity contribution is -0.384. The molecule has 120 valence electrons. The van der Waals surface area contributed by atoms with Gasteiger partial charge in [-0.25, -0.2) is 5.43 Å². The van der Waals surface area contributed by atoms with Gasteiger partial charge in [-0.2, -0.15) is 5.10 Å². The molecule has 1 heterocycles. The highest BCUT2D eigenvalue weighted by Gasteiger charge is 2.12. The smallest absolute Gasteiger partial charge is 0.266 e. The van der Waals surface area contributed by atoms with Gasteiger partial charge in [0.1, 0.15) is 0 Å². The molecule has 0 radical (unpaired) electrons. The highest BCUT2D eigenvalue weighted by Crippen LogP contribution is 2.28. The van der Waals surface area contributed by atoms with Crippen LogP contribution in [-0.4, -0.2) is 17.0 Å². The van der Waals surface area contributed by atoms with Crippen LogP contribution in [0.5, 0.6) is 0 Å². The first-order valence-electron chi connectivity index (χ1n) is 7.11. The summed E-state index contributed by atoms with van der Waals surface area (Å²) in [6.45, 7) is 1.99. The minimum Gasteiger partial charge on any atom is -0.266 e. The number of non-ortho nitro benzene ring substituents is 1. The van der Waals surface area contributed by atoms with E-state index in [9.17, 15) is 14.9 Å². The quantitative estimate of drug-likeness (QED) is 0.445. The van der Waals surface area contributed by atoms with Gasteiger partial charge in [-0.15, -0.1) is 11.3 Å². The average molecular weight is 339 g/mol. The van der Waals surface area contributed by atoms with Gasteiger partial charge in [0, 0.05) is 22.2 Å². The summed E-state index contributed by atoms with van der Waals surface area (Å²) in [6.07, 6.45) is 1.56. The van der Waals surface area contributed by atoms with E-state index in [1.807, 2.05) is 31.2 Å². The number of rotatable bonds is 4. The fourth-order valence-electron chi connectivity index (χ4n) is 2.13. The van der Waals surface area contributed by atoms with Crippen LogP contribution in [0.3, 0.4) is 0 Å². The number of nitro groups is 1. The van der Waals surface area contributed by atoms with E-state index in [0.29, 0.717) is 10.3 Å². The van der Waals surface area contributed by atoms with Gasteiger partial charge in [0.05, 0.1) is 16.0 Å². The number of nitrogens with one attached hydrogen (secondary N) is 1. The highest BCUT2D eigenvalue weighted by atomic mass is 32.1. The Bertz CT molecular complexity index is 945. The number of hydrogen-bond acceptors (Lipinski definition) is 5. The number of aryl methyl sites for hydroxylation is 1. The molecule has 2 aromatic carbocycles.